The summed E-state index contributed by atoms with van der Waals surface area (Å²) in [5.74, 6) is 0. The van der Waals surface area contributed by atoms with Gasteiger partial charge in [0.15, 0.2) is 0 Å². The van der Waals surface area contributed by atoms with Gasteiger partial charge in [0.1, 0.15) is 0 Å². The fourth-order valence-corrected chi connectivity index (χ4v) is 3.02. The number of hydrogen-bond donors (Lipinski definition) is 0. The SMILES string of the molecule is C=CCOC[C@@H]1c2c(ncn2C)CCN1Cc1ccccn1. The van der Waals surface area contributed by atoms with E-state index in [1.807, 2.05) is 24.7 Å². The van der Waals surface area contributed by atoms with Crippen LogP contribution in [0, 0.1) is 0 Å². The lowest BCUT2D eigenvalue weighted by Crippen LogP contribution is -2.38. The van der Waals surface area contributed by atoms with Crippen LogP contribution in [-0.4, -0.2) is 39.2 Å². The maximum absolute atomic E-state index is 5.75. The van der Waals surface area contributed by atoms with E-state index < -0.39 is 0 Å². The van der Waals surface area contributed by atoms with Gasteiger partial charge in [-0.3, -0.25) is 9.88 Å². The first-order chi connectivity index (χ1) is 10.8. The summed E-state index contributed by atoms with van der Waals surface area (Å²) < 4.78 is 7.86. The van der Waals surface area contributed by atoms with Crippen molar-refractivity contribution in [1.29, 1.82) is 0 Å². The Morgan fingerprint density at radius 3 is 3.09 bits per heavy atom. The lowest BCUT2D eigenvalue weighted by molar-refractivity contribution is 0.0579. The monoisotopic (exact) mass is 298 g/mol. The summed E-state index contributed by atoms with van der Waals surface area (Å²) in [6.07, 6.45) is 6.50. The van der Waals surface area contributed by atoms with Crippen molar-refractivity contribution in [2.75, 3.05) is 19.8 Å². The molecule has 5 nitrogen and oxygen atoms in total. The highest BCUT2D eigenvalue weighted by Gasteiger charge is 2.31. The van der Waals surface area contributed by atoms with Gasteiger partial charge in [0.05, 0.1) is 42.7 Å². The smallest absolute Gasteiger partial charge is 0.0949 e. The predicted molar refractivity (Wildman–Crippen MR) is 85.3 cm³/mol. The van der Waals surface area contributed by atoms with Gasteiger partial charge in [0.2, 0.25) is 0 Å². The van der Waals surface area contributed by atoms with Crippen LogP contribution in [0.5, 0.6) is 0 Å². The molecule has 0 saturated carbocycles. The number of aryl methyl sites for hydroxylation is 1. The third-order valence-electron chi connectivity index (χ3n) is 4.06. The number of hydrogen-bond acceptors (Lipinski definition) is 4. The van der Waals surface area contributed by atoms with Crippen molar-refractivity contribution < 1.29 is 4.74 Å². The van der Waals surface area contributed by atoms with Gasteiger partial charge in [-0.1, -0.05) is 12.1 Å². The molecular weight excluding hydrogens is 276 g/mol. The Bertz CT molecular complexity index is 623. The Hall–Kier alpha value is -1.98. The summed E-state index contributed by atoms with van der Waals surface area (Å²) in [4.78, 5) is 11.4. The molecule has 0 radical (unpaired) electrons. The van der Waals surface area contributed by atoms with E-state index >= 15 is 0 Å². The van der Waals surface area contributed by atoms with Gasteiger partial charge in [-0.05, 0) is 12.1 Å². The Kier molecular flexibility index (Phi) is 4.65. The summed E-state index contributed by atoms with van der Waals surface area (Å²) in [6, 6.07) is 6.26. The van der Waals surface area contributed by atoms with E-state index in [0.29, 0.717) is 13.2 Å². The number of imidazole rings is 1. The van der Waals surface area contributed by atoms with E-state index in [2.05, 4.69) is 39.1 Å². The highest BCUT2D eigenvalue weighted by Crippen LogP contribution is 2.30. The van der Waals surface area contributed by atoms with Gasteiger partial charge in [0, 0.05) is 32.8 Å². The van der Waals surface area contributed by atoms with E-state index in [1.165, 1.54) is 11.4 Å². The minimum atomic E-state index is 0.207. The molecule has 1 aliphatic heterocycles. The Morgan fingerprint density at radius 1 is 1.41 bits per heavy atom. The van der Waals surface area contributed by atoms with Crippen LogP contribution in [0.1, 0.15) is 23.1 Å². The minimum absolute atomic E-state index is 0.207. The van der Waals surface area contributed by atoms with Crippen LogP contribution in [0.4, 0.5) is 0 Å². The van der Waals surface area contributed by atoms with Gasteiger partial charge < -0.3 is 9.30 Å². The second-order valence-corrected chi connectivity index (χ2v) is 5.57. The lowest BCUT2D eigenvalue weighted by Gasteiger charge is -2.35. The third kappa shape index (κ3) is 3.10. The van der Waals surface area contributed by atoms with E-state index in [-0.39, 0.29) is 6.04 Å². The van der Waals surface area contributed by atoms with Gasteiger partial charge in [-0.15, -0.1) is 6.58 Å². The van der Waals surface area contributed by atoms with Crippen molar-refractivity contribution in [3.63, 3.8) is 0 Å². The fraction of sp³-hybridized carbons (Fsp3) is 0.412. The normalized spacial score (nSPS) is 18.1. The van der Waals surface area contributed by atoms with Crippen molar-refractivity contribution in [1.82, 2.24) is 19.4 Å². The van der Waals surface area contributed by atoms with Crippen LogP contribution in [0.2, 0.25) is 0 Å². The molecule has 0 aliphatic carbocycles. The summed E-state index contributed by atoms with van der Waals surface area (Å²) in [7, 11) is 2.05. The third-order valence-corrected chi connectivity index (χ3v) is 4.06. The molecule has 5 heteroatoms. The maximum atomic E-state index is 5.75. The number of ether oxygens (including phenoxy) is 1. The topological polar surface area (TPSA) is 43.2 Å². The van der Waals surface area contributed by atoms with Gasteiger partial charge in [-0.25, -0.2) is 4.98 Å². The number of rotatable bonds is 6. The summed E-state index contributed by atoms with van der Waals surface area (Å²) in [6.45, 7) is 6.73. The van der Waals surface area contributed by atoms with E-state index in [1.54, 1.807) is 6.08 Å². The zero-order chi connectivity index (χ0) is 15.4. The Labute approximate surface area is 131 Å². The number of pyridine rings is 1. The molecule has 0 amide bonds. The Balaban J connectivity index is 1.82. The molecule has 0 bridgehead atoms. The van der Waals surface area contributed by atoms with Crippen LogP contribution >= 0.6 is 0 Å². The molecule has 0 spiro atoms. The first kappa shape index (κ1) is 14.9. The first-order valence-corrected chi connectivity index (χ1v) is 7.62. The number of fused-ring (bicyclic) bond motifs is 1. The summed E-state index contributed by atoms with van der Waals surface area (Å²) in [5.41, 5.74) is 3.53. The molecule has 0 fully saturated rings. The molecular formula is C17H22N4O. The molecule has 0 unspecified atom stereocenters. The standard InChI is InChI=1S/C17H22N4O/c1-3-10-22-12-16-17-15(19-13-20(17)2)7-9-21(16)11-14-6-4-5-8-18-14/h3-6,8,13,16H,1,7,9-12H2,2H3/t16-/m1/s1. The molecule has 3 heterocycles. The maximum Gasteiger partial charge on any atom is 0.0949 e. The molecule has 1 aliphatic rings. The van der Waals surface area contributed by atoms with E-state index in [0.717, 1.165) is 25.2 Å². The molecule has 0 aromatic carbocycles. The van der Waals surface area contributed by atoms with Crippen LogP contribution in [-0.2, 0) is 24.8 Å². The van der Waals surface area contributed by atoms with Gasteiger partial charge in [0.25, 0.3) is 0 Å². The summed E-state index contributed by atoms with van der Waals surface area (Å²) >= 11 is 0. The average Bonchev–Trinajstić information content (AvgIpc) is 2.92. The lowest BCUT2D eigenvalue weighted by atomic mass is 10.0. The molecule has 1 atom stereocenters. The van der Waals surface area contributed by atoms with E-state index in [4.69, 9.17) is 4.74 Å². The molecule has 116 valence electrons. The van der Waals surface area contributed by atoms with Crippen molar-refractivity contribution in [3.05, 3.63) is 60.5 Å². The van der Waals surface area contributed by atoms with Crippen molar-refractivity contribution in [2.24, 2.45) is 7.05 Å². The zero-order valence-corrected chi connectivity index (χ0v) is 13.0. The number of nitrogens with zero attached hydrogens (tertiary/aromatic N) is 4. The molecule has 0 saturated heterocycles. The molecule has 2 aromatic heterocycles. The highest BCUT2D eigenvalue weighted by molar-refractivity contribution is 5.22. The average molecular weight is 298 g/mol. The largest absolute Gasteiger partial charge is 0.375 e. The second-order valence-electron chi connectivity index (χ2n) is 5.57. The van der Waals surface area contributed by atoms with Crippen LogP contribution in [0.15, 0.2) is 43.4 Å². The Morgan fingerprint density at radius 2 is 2.32 bits per heavy atom. The molecule has 3 rings (SSSR count). The van der Waals surface area contributed by atoms with Crippen LogP contribution < -0.4 is 0 Å². The predicted octanol–water partition coefficient (Wildman–Crippen LogP) is 2.12. The zero-order valence-electron chi connectivity index (χ0n) is 13.0. The number of aromatic nitrogens is 3. The molecule has 2 aromatic rings. The van der Waals surface area contributed by atoms with E-state index in [9.17, 15) is 0 Å². The first-order valence-electron chi connectivity index (χ1n) is 7.62. The molecule has 22 heavy (non-hydrogen) atoms. The van der Waals surface area contributed by atoms with Gasteiger partial charge >= 0.3 is 0 Å². The van der Waals surface area contributed by atoms with Crippen molar-refractivity contribution >= 4 is 0 Å². The minimum Gasteiger partial charge on any atom is -0.375 e. The fourth-order valence-electron chi connectivity index (χ4n) is 3.02. The van der Waals surface area contributed by atoms with Gasteiger partial charge in [-0.2, -0.15) is 0 Å². The second kappa shape index (κ2) is 6.85. The summed E-state index contributed by atoms with van der Waals surface area (Å²) in [5, 5.41) is 0. The van der Waals surface area contributed by atoms with Crippen LogP contribution in [0.25, 0.3) is 0 Å². The molecule has 0 N–H and O–H groups in total. The highest BCUT2D eigenvalue weighted by atomic mass is 16.5. The quantitative estimate of drug-likeness (QED) is 0.605. The van der Waals surface area contributed by atoms with Crippen molar-refractivity contribution in [3.8, 4) is 0 Å². The van der Waals surface area contributed by atoms with Crippen molar-refractivity contribution in [2.45, 2.75) is 19.0 Å². The van der Waals surface area contributed by atoms with Crippen LogP contribution in [0.3, 0.4) is 0 Å².